The maximum absolute atomic E-state index is 11.0. The fourth-order valence-electron chi connectivity index (χ4n) is 1.54. The van der Waals surface area contributed by atoms with Crippen molar-refractivity contribution in [3.05, 3.63) is 24.3 Å². The third-order valence-corrected chi connectivity index (χ3v) is 2.10. The quantitative estimate of drug-likeness (QED) is 0.583. The van der Waals surface area contributed by atoms with Gasteiger partial charge in [-0.25, -0.2) is 0 Å². The zero-order valence-electron chi connectivity index (χ0n) is 6.73. The average Bonchev–Trinajstić information content (AvgIpc) is 2.60. The average molecular weight is 174 g/mol. The highest BCUT2D eigenvalue weighted by atomic mass is 16.5. The summed E-state index contributed by atoms with van der Waals surface area (Å²) in [6, 6.07) is 7.99. The molecule has 1 aromatic rings. The molecule has 64 valence electrons. The molecule has 4 nitrogen and oxygen atoms in total. The summed E-state index contributed by atoms with van der Waals surface area (Å²) in [5.41, 5.74) is 0.923. The summed E-state index contributed by atoms with van der Waals surface area (Å²) in [4.78, 5) is 16.5. The summed E-state index contributed by atoms with van der Waals surface area (Å²) in [6.45, 7) is 0.298. The summed E-state index contributed by atoms with van der Waals surface area (Å²) >= 11 is 0. The van der Waals surface area contributed by atoms with E-state index in [1.165, 1.54) is 0 Å². The Balaban J connectivity index is 2.14. The van der Waals surface area contributed by atoms with Gasteiger partial charge in [-0.2, -0.15) is 4.99 Å². The second-order valence-electron chi connectivity index (χ2n) is 2.94. The maximum Gasteiger partial charge on any atom is 0.306 e. The van der Waals surface area contributed by atoms with E-state index in [1.54, 1.807) is 4.90 Å². The lowest BCUT2D eigenvalue weighted by atomic mass is 10.3. The molecule has 0 saturated carbocycles. The zero-order chi connectivity index (χ0) is 8.84. The van der Waals surface area contributed by atoms with Crippen molar-refractivity contribution >= 4 is 17.6 Å². The number of ether oxygens (including phenoxy) is 1. The molecule has 0 spiro atoms. The van der Waals surface area contributed by atoms with Crippen LogP contribution in [0.5, 0.6) is 5.75 Å². The monoisotopic (exact) mass is 174 g/mol. The van der Waals surface area contributed by atoms with Crippen molar-refractivity contribution in [2.45, 2.75) is 0 Å². The van der Waals surface area contributed by atoms with Gasteiger partial charge in [0.2, 0.25) is 0 Å². The predicted molar refractivity (Wildman–Crippen MR) is 46.9 cm³/mol. The van der Waals surface area contributed by atoms with E-state index >= 15 is 0 Å². The van der Waals surface area contributed by atoms with Crippen LogP contribution in [0, 0.1) is 0 Å². The molecule has 2 aliphatic heterocycles. The van der Waals surface area contributed by atoms with Crippen molar-refractivity contribution in [2.75, 3.05) is 11.4 Å². The largest absolute Gasteiger partial charge is 0.423 e. The highest BCUT2D eigenvalue weighted by Gasteiger charge is 2.34. The number of carbonyl (C=O) groups excluding carboxylic acids is 1. The lowest BCUT2D eigenvalue weighted by Crippen LogP contribution is -2.25. The Morgan fingerprint density at radius 2 is 2.23 bits per heavy atom. The van der Waals surface area contributed by atoms with Crippen LogP contribution in [0.3, 0.4) is 0 Å². The van der Waals surface area contributed by atoms with Gasteiger partial charge in [0.05, 0.1) is 5.69 Å². The van der Waals surface area contributed by atoms with Crippen LogP contribution in [-0.4, -0.2) is 18.5 Å². The molecule has 13 heavy (non-hydrogen) atoms. The smallest absolute Gasteiger partial charge is 0.306 e. The first-order valence-electron chi connectivity index (χ1n) is 4.00. The van der Waals surface area contributed by atoms with Gasteiger partial charge in [0.15, 0.2) is 5.75 Å². The summed E-state index contributed by atoms with van der Waals surface area (Å²) in [6.07, 6.45) is 0. The molecule has 0 bridgehead atoms. The van der Waals surface area contributed by atoms with Crippen LogP contribution in [0.1, 0.15) is 0 Å². The second kappa shape index (κ2) is 2.10. The number of benzene rings is 1. The van der Waals surface area contributed by atoms with E-state index in [0.29, 0.717) is 12.6 Å². The fraction of sp³-hybridized carbons (Fsp3) is 0.111. The predicted octanol–water partition coefficient (Wildman–Crippen LogP) is 0.782. The molecule has 0 atom stereocenters. The molecule has 1 amide bonds. The van der Waals surface area contributed by atoms with Crippen molar-refractivity contribution in [1.29, 1.82) is 0 Å². The van der Waals surface area contributed by atoms with Crippen molar-refractivity contribution in [3.8, 4) is 5.75 Å². The van der Waals surface area contributed by atoms with Gasteiger partial charge in [-0.05, 0) is 12.1 Å². The topological polar surface area (TPSA) is 41.9 Å². The first-order chi connectivity index (χ1) is 6.34. The molecule has 2 aliphatic rings. The van der Waals surface area contributed by atoms with Gasteiger partial charge < -0.3 is 4.74 Å². The number of fused-ring (bicyclic) bond motifs is 3. The van der Waals surface area contributed by atoms with E-state index < -0.39 is 0 Å². The molecule has 0 radical (unpaired) electrons. The molecule has 2 heterocycles. The Morgan fingerprint density at radius 1 is 1.38 bits per heavy atom. The molecule has 4 heteroatoms. The molecule has 1 aromatic carbocycles. The van der Waals surface area contributed by atoms with Gasteiger partial charge >= 0.3 is 6.02 Å². The van der Waals surface area contributed by atoms with Crippen LogP contribution < -0.4 is 9.64 Å². The molecule has 3 rings (SSSR count). The number of para-hydroxylation sites is 2. The van der Waals surface area contributed by atoms with Crippen molar-refractivity contribution in [2.24, 2.45) is 4.99 Å². The van der Waals surface area contributed by atoms with Crippen molar-refractivity contribution in [3.63, 3.8) is 0 Å². The Morgan fingerprint density at radius 3 is 3.15 bits per heavy atom. The first-order valence-corrected chi connectivity index (χ1v) is 4.00. The van der Waals surface area contributed by atoms with Crippen LogP contribution in [0.4, 0.5) is 5.69 Å². The number of amidine groups is 1. The Labute approximate surface area is 74.4 Å². The summed E-state index contributed by atoms with van der Waals surface area (Å²) < 4.78 is 5.36. The second-order valence-corrected chi connectivity index (χ2v) is 2.94. The standard InChI is InChI=1S/C9H6N2O2/c12-8-5-11-6-3-1-2-4-7(6)13-9(11)10-8/h1-4H,5H2. The number of rotatable bonds is 0. The van der Waals surface area contributed by atoms with Gasteiger partial charge in [-0.15, -0.1) is 0 Å². The summed E-state index contributed by atoms with van der Waals surface area (Å²) in [7, 11) is 0. The van der Waals surface area contributed by atoms with Gasteiger partial charge in [0, 0.05) is 0 Å². The summed E-state index contributed by atoms with van der Waals surface area (Å²) in [5, 5.41) is 0. The Bertz CT molecular complexity index is 425. The number of hydrogen-bond acceptors (Lipinski definition) is 3. The normalized spacial score (nSPS) is 18.0. The number of carbonyl (C=O) groups is 1. The number of hydrogen-bond donors (Lipinski definition) is 0. The molecule has 0 aromatic heterocycles. The van der Waals surface area contributed by atoms with Crippen LogP contribution in [0.15, 0.2) is 29.3 Å². The molecule has 0 fully saturated rings. The Kier molecular flexibility index (Phi) is 1.07. The fourth-order valence-corrected chi connectivity index (χ4v) is 1.54. The molecule has 0 N–H and O–H groups in total. The highest BCUT2D eigenvalue weighted by Crippen LogP contribution is 2.35. The summed E-state index contributed by atoms with van der Waals surface area (Å²) in [5.74, 6) is 0.623. The van der Waals surface area contributed by atoms with Crippen LogP contribution >= 0.6 is 0 Å². The third kappa shape index (κ3) is 0.796. The minimum Gasteiger partial charge on any atom is -0.423 e. The van der Waals surface area contributed by atoms with E-state index in [1.807, 2.05) is 24.3 Å². The van der Waals surface area contributed by atoms with Gasteiger partial charge in [0.1, 0.15) is 6.54 Å². The molecule has 0 saturated heterocycles. The minimum absolute atomic E-state index is 0.149. The van der Waals surface area contributed by atoms with Gasteiger partial charge in [-0.1, -0.05) is 12.1 Å². The van der Waals surface area contributed by atoms with E-state index in [-0.39, 0.29) is 5.91 Å². The van der Waals surface area contributed by atoms with Crippen molar-refractivity contribution < 1.29 is 9.53 Å². The van der Waals surface area contributed by atoms with E-state index in [2.05, 4.69) is 4.99 Å². The number of nitrogens with zero attached hydrogens (tertiary/aromatic N) is 2. The molecular formula is C9H6N2O2. The van der Waals surface area contributed by atoms with Crippen LogP contribution in [-0.2, 0) is 4.79 Å². The Hall–Kier alpha value is -1.84. The van der Waals surface area contributed by atoms with E-state index in [0.717, 1.165) is 11.4 Å². The van der Waals surface area contributed by atoms with Gasteiger partial charge in [-0.3, -0.25) is 9.69 Å². The van der Waals surface area contributed by atoms with Crippen molar-refractivity contribution in [1.82, 2.24) is 0 Å². The number of anilines is 1. The van der Waals surface area contributed by atoms with Gasteiger partial charge in [0.25, 0.3) is 5.91 Å². The lowest BCUT2D eigenvalue weighted by molar-refractivity contribution is -0.115. The lowest BCUT2D eigenvalue weighted by Gasteiger charge is -2.06. The third-order valence-electron chi connectivity index (χ3n) is 2.10. The molecule has 0 aliphatic carbocycles. The number of amides is 1. The minimum atomic E-state index is -0.149. The maximum atomic E-state index is 11.0. The van der Waals surface area contributed by atoms with E-state index in [4.69, 9.17) is 4.74 Å². The SMILES string of the molecule is O=C1CN2C(=N1)Oc1ccccc12. The van der Waals surface area contributed by atoms with Crippen LogP contribution in [0.2, 0.25) is 0 Å². The van der Waals surface area contributed by atoms with E-state index in [9.17, 15) is 4.79 Å². The molecule has 0 unspecified atom stereocenters. The van der Waals surface area contributed by atoms with Crippen LogP contribution in [0.25, 0.3) is 0 Å². The highest BCUT2D eigenvalue weighted by molar-refractivity contribution is 6.13. The number of aliphatic imine (C=N–C) groups is 1. The zero-order valence-corrected chi connectivity index (χ0v) is 6.73. The first kappa shape index (κ1) is 6.65. The molecular weight excluding hydrogens is 168 g/mol.